The van der Waals surface area contributed by atoms with E-state index in [9.17, 15) is 9.90 Å². The first-order valence-electron chi connectivity index (χ1n) is 6.23. The van der Waals surface area contributed by atoms with Gasteiger partial charge in [0.15, 0.2) is 0 Å². The van der Waals surface area contributed by atoms with E-state index in [0.717, 1.165) is 19.4 Å². The molecule has 0 aromatic carbocycles. The number of carbonyl (C=O) groups is 1. The van der Waals surface area contributed by atoms with E-state index in [2.05, 4.69) is 22.1 Å². The van der Waals surface area contributed by atoms with E-state index in [1.807, 2.05) is 0 Å². The van der Waals surface area contributed by atoms with Crippen molar-refractivity contribution in [3.8, 4) is 0 Å². The number of nitrogens with one attached hydrogen (secondary N) is 1. The molecule has 2 bridgehead atoms. The van der Waals surface area contributed by atoms with Gasteiger partial charge in [-0.1, -0.05) is 0 Å². The molecule has 2 aliphatic carbocycles. The summed E-state index contributed by atoms with van der Waals surface area (Å²) in [6, 6.07) is 2.28. The molecule has 4 unspecified atom stereocenters. The maximum Gasteiger partial charge on any atom is 0.308 e. The predicted molar refractivity (Wildman–Crippen MR) is 66.9 cm³/mol. The van der Waals surface area contributed by atoms with Crippen molar-refractivity contribution >= 4 is 17.3 Å². The van der Waals surface area contributed by atoms with Crippen molar-refractivity contribution in [2.45, 2.75) is 31.8 Å². The molecule has 0 saturated heterocycles. The number of thiophene rings is 1. The van der Waals surface area contributed by atoms with E-state index in [0.29, 0.717) is 11.8 Å². The van der Waals surface area contributed by atoms with Gasteiger partial charge in [-0.05, 0) is 53.5 Å². The lowest BCUT2D eigenvalue weighted by molar-refractivity contribution is -0.144. The second-order valence-corrected chi connectivity index (χ2v) is 6.02. The van der Waals surface area contributed by atoms with Crippen LogP contribution < -0.4 is 5.32 Å². The van der Waals surface area contributed by atoms with Crippen molar-refractivity contribution in [1.82, 2.24) is 5.32 Å². The van der Waals surface area contributed by atoms with Gasteiger partial charge in [0, 0.05) is 12.6 Å². The van der Waals surface area contributed by atoms with Gasteiger partial charge in [-0.3, -0.25) is 4.79 Å². The van der Waals surface area contributed by atoms with Gasteiger partial charge in [-0.2, -0.15) is 11.3 Å². The van der Waals surface area contributed by atoms with Crippen molar-refractivity contribution in [1.29, 1.82) is 0 Å². The van der Waals surface area contributed by atoms with Gasteiger partial charge in [-0.25, -0.2) is 0 Å². The van der Waals surface area contributed by atoms with Gasteiger partial charge in [0.1, 0.15) is 0 Å². The third-order valence-corrected chi connectivity index (χ3v) is 5.06. The molecule has 1 heterocycles. The van der Waals surface area contributed by atoms with Crippen molar-refractivity contribution in [3.63, 3.8) is 0 Å². The van der Waals surface area contributed by atoms with E-state index in [1.54, 1.807) is 11.3 Å². The molecule has 2 aliphatic rings. The Morgan fingerprint density at radius 3 is 3.00 bits per heavy atom. The van der Waals surface area contributed by atoms with Crippen LogP contribution in [0.5, 0.6) is 0 Å². The van der Waals surface area contributed by atoms with Crippen LogP contribution in [0.15, 0.2) is 16.8 Å². The van der Waals surface area contributed by atoms with E-state index in [4.69, 9.17) is 0 Å². The summed E-state index contributed by atoms with van der Waals surface area (Å²) >= 11 is 1.69. The summed E-state index contributed by atoms with van der Waals surface area (Å²) in [6.07, 6.45) is 3.42. The first kappa shape index (κ1) is 11.2. The molecule has 1 aromatic heterocycles. The van der Waals surface area contributed by atoms with E-state index in [1.165, 1.54) is 12.0 Å². The number of hydrogen-bond acceptors (Lipinski definition) is 3. The van der Waals surface area contributed by atoms with Crippen molar-refractivity contribution in [2.24, 2.45) is 17.8 Å². The minimum absolute atomic E-state index is 0.160. The van der Waals surface area contributed by atoms with Gasteiger partial charge in [0.05, 0.1) is 5.92 Å². The topological polar surface area (TPSA) is 49.3 Å². The van der Waals surface area contributed by atoms with Crippen LogP contribution in [-0.4, -0.2) is 17.1 Å². The normalized spacial score (nSPS) is 35.3. The van der Waals surface area contributed by atoms with Gasteiger partial charge < -0.3 is 10.4 Å². The summed E-state index contributed by atoms with van der Waals surface area (Å²) in [6.45, 7) is 0.807. The number of carboxylic acids is 1. The summed E-state index contributed by atoms with van der Waals surface area (Å²) in [5.41, 5.74) is 1.27. The fourth-order valence-electron chi connectivity index (χ4n) is 3.57. The van der Waals surface area contributed by atoms with E-state index < -0.39 is 5.97 Å². The maximum absolute atomic E-state index is 11.3. The van der Waals surface area contributed by atoms with E-state index in [-0.39, 0.29) is 12.0 Å². The van der Waals surface area contributed by atoms with E-state index >= 15 is 0 Å². The fourth-order valence-corrected chi connectivity index (χ4v) is 4.24. The molecule has 4 heteroatoms. The highest BCUT2D eigenvalue weighted by molar-refractivity contribution is 7.07. The average Bonchev–Trinajstić information content (AvgIpc) is 3.01. The Bertz CT molecular complexity index is 404. The molecule has 17 heavy (non-hydrogen) atoms. The summed E-state index contributed by atoms with van der Waals surface area (Å²) < 4.78 is 0. The minimum atomic E-state index is -0.611. The SMILES string of the molecule is O=C(O)C1C2CCC(C2)C1NCc1ccsc1. The van der Waals surface area contributed by atoms with Gasteiger partial charge in [-0.15, -0.1) is 0 Å². The second-order valence-electron chi connectivity index (χ2n) is 5.24. The molecule has 3 rings (SSSR count). The third kappa shape index (κ3) is 2.00. The lowest BCUT2D eigenvalue weighted by Gasteiger charge is -2.28. The van der Waals surface area contributed by atoms with Gasteiger partial charge in [0.25, 0.3) is 0 Å². The van der Waals surface area contributed by atoms with Crippen LogP contribution in [0.4, 0.5) is 0 Å². The second kappa shape index (κ2) is 4.42. The van der Waals surface area contributed by atoms with Gasteiger partial charge >= 0.3 is 5.97 Å². The molecular weight excluding hydrogens is 234 g/mol. The maximum atomic E-state index is 11.3. The van der Waals surface area contributed by atoms with Crippen LogP contribution in [0.3, 0.4) is 0 Å². The first-order valence-corrected chi connectivity index (χ1v) is 7.17. The largest absolute Gasteiger partial charge is 0.481 e. The highest BCUT2D eigenvalue weighted by atomic mass is 32.1. The molecule has 2 saturated carbocycles. The zero-order valence-corrected chi connectivity index (χ0v) is 10.5. The number of fused-ring (bicyclic) bond motifs is 2. The zero-order chi connectivity index (χ0) is 11.8. The molecule has 2 fully saturated rings. The van der Waals surface area contributed by atoms with Crippen LogP contribution in [0, 0.1) is 17.8 Å². The number of carboxylic acid groups (broad SMARTS) is 1. The molecular formula is C13H17NO2S. The number of aliphatic carboxylic acids is 1. The Labute approximate surface area is 105 Å². The molecule has 0 radical (unpaired) electrons. The van der Waals surface area contributed by atoms with Crippen LogP contribution >= 0.6 is 11.3 Å². The molecule has 2 N–H and O–H groups in total. The summed E-state index contributed by atoms with van der Waals surface area (Å²) in [4.78, 5) is 11.3. The molecule has 4 atom stereocenters. The Balaban J connectivity index is 1.67. The van der Waals surface area contributed by atoms with Crippen molar-refractivity contribution in [3.05, 3.63) is 22.4 Å². The monoisotopic (exact) mass is 251 g/mol. The summed E-state index contributed by atoms with van der Waals surface area (Å²) in [5, 5.41) is 17.0. The lowest BCUT2D eigenvalue weighted by atomic mass is 9.84. The zero-order valence-electron chi connectivity index (χ0n) is 9.63. The van der Waals surface area contributed by atoms with Crippen molar-refractivity contribution in [2.75, 3.05) is 0 Å². The number of hydrogen-bond donors (Lipinski definition) is 2. The van der Waals surface area contributed by atoms with Crippen molar-refractivity contribution < 1.29 is 9.90 Å². The van der Waals surface area contributed by atoms with Crippen LogP contribution in [0.25, 0.3) is 0 Å². The van der Waals surface area contributed by atoms with Crippen LogP contribution in [0.1, 0.15) is 24.8 Å². The molecule has 1 aromatic rings. The quantitative estimate of drug-likeness (QED) is 0.863. The Hall–Kier alpha value is -0.870. The third-order valence-electron chi connectivity index (χ3n) is 4.32. The summed E-state index contributed by atoms with van der Waals surface area (Å²) in [7, 11) is 0. The molecule has 0 spiro atoms. The molecule has 0 amide bonds. The molecule has 92 valence electrons. The van der Waals surface area contributed by atoms with Gasteiger partial charge in [0.2, 0.25) is 0 Å². The van der Waals surface area contributed by atoms with Crippen LogP contribution in [0.2, 0.25) is 0 Å². The first-order chi connectivity index (χ1) is 8.25. The predicted octanol–water partition coefficient (Wildman–Crippen LogP) is 2.34. The van der Waals surface area contributed by atoms with Crippen LogP contribution in [-0.2, 0) is 11.3 Å². The highest BCUT2D eigenvalue weighted by Gasteiger charge is 2.50. The molecule has 0 aliphatic heterocycles. The lowest BCUT2D eigenvalue weighted by Crippen LogP contribution is -2.43. The standard InChI is InChI=1S/C13H17NO2S/c15-13(16)11-9-1-2-10(5-9)12(11)14-6-8-3-4-17-7-8/h3-4,7,9-12,14H,1-2,5-6H2,(H,15,16). The average molecular weight is 251 g/mol. The molecule has 3 nitrogen and oxygen atoms in total. The summed E-state index contributed by atoms with van der Waals surface area (Å²) in [5.74, 6) is 0.226. The smallest absolute Gasteiger partial charge is 0.308 e. The number of rotatable bonds is 4. The minimum Gasteiger partial charge on any atom is -0.481 e. The Morgan fingerprint density at radius 1 is 1.47 bits per heavy atom. The Kier molecular flexibility index (Phi) is 2.92. The highest BCUT2D eigenvalue weighted by Crippen LogP contribution is 2.48. The fraction of sp³-hybridized carbons (Fsp3) is 0.615. The Morgan fingerprint density at radius 2 is 2.29 bits per heavy atom.